The van der Waals surface area contributed by atoms with Gasteiger partial charge in [-0.1, -0.05) is 41.7 Å². The minimum Gasteiger partial charge on any atom is -0.507 e. The molecule has 8 heteroatoms. The molecular weight excluding hydrogens is 464 g/mol. The second-order valence-corrected chi connectivity index (χ2v) is 9.15. The number of Topliss-reactive ketones (excluding diaryl/α,β-unsaturated/α-hetero) is 1. The van der Waals surface area contributed by atoms with Crippen molar-refractivity contribution in [3.63, 3.8) is 0 Å². The van der Waals surface area contributed by atoms with Gasteiger partial charge in [0.1, 0.15) is 17.3 Å². The van der Waals surface area contributed by atoms with Gasteiger partial charge in [-0.15, -0.1) is 0 Å². The lowest BCUT2D eigenvalue weighted by Crippen LogP contribution is -2.29. The predicted molar refractivity (Wildman–Crippen MR) is 135 cm³/mol. The molecule has 0 bridgehead atoms. The van der Waals surface area contributed by atoms with Crippen LogP contribution in [0, 0.1) is 6.92 Å². The largest absolute Gasteiger partial charge is 0.507 e. The fourth-order valence-electron chi connectivity index (χ4n) is 4.18. The summed E-state index contributed by atoms with van der Waals surface area (Å²) >= 11 is 1.33. The molecule has 0 aliphatic carbocycles. The van der Waals surface area contributed by atoms with Crippen LogP contribution in [0.15, 0.2) is 72.3 Å². The number of ether oxygens (including phenoxy) is 2. The first-order chi connectivity index (χ1) is 16.9. The molecule has 1 unspecified atom stereocenters. The van der Waals surface area contributed by atoms with Crippen molar-refractivity contribution in [2.75, 3.05) is 19.1 Å². The first-order valence-corrected chi connectivity index (χ1v) is 11.7. The lowest BCUT2D eigenvalue weighted by Gasteiger charge is -2.23. The van der Waals surface area contributed by atoms with Gasteiger partial charge < -0.3 is 14.6 Å². The third-order valence-corrected chi connectivity index (χ3v) is 6.98. The van der Waals surface area contributed by atoms with Crippen LogP contribution in [-0.4, -0.2) is 36.0 Å². The van der Waals surface area contributed by atoms with Gasteiger partial charge in [0.15, 0.2) is 5.13 Å². The van der Waals surface area contributed by atoms with E-state index in [1.807, 2.05) is 25.1 Å². The molecule has 0 saturated carbocycles. The number of fused-ring (bicyclic) bond motifs is 1. The number of nitrogens with zero attached hydrogens (tertiary/aromatic N) is 2. The topological polar surface area (TPSA) is 89.0 Å². The maximum Gasteiger partial charge on any atom is 0.301 e. The summed E-state index contributed by atoms with van der Waals surface area (Å²) in [5.41, 5.74) is 2.81. The summed E-state index contributed by atoms with van der Waals surface area (Å²) in [6.07, 6.45) is 0. The Labute approximate surface area is 205 Å². The van der Waals surface area contributed by atoms with Crippen molar-refractivity contribution >= 4 is 44.1 Å². The van der Waals surface area contributed by atoms with Crippen molar-refractivity contribution in [3.05, 3.63) is 89.0 Å². The number of ketones is 1. The van der Waals surface area contributed by atoms with E-state index in [0.717, 1.165) is 15.8 Å². The van der Waals surface area contributed by atoms with Gasteiger partial charge in [-0.05, 0) is 54.4 Å². The molecular formula is C27H22N2O5S. The van der Waals surface area contributed by atoms with Crippen molar-refractivity contribution in [2.24, 2.45) is 0 Å². The Hall–Kier alpha value is -4.17. The molecule has 1 N–H and O–H groups in total. The Kier molecular flexibility index (Phi) is 5.74. The van der Waals surface area contributed by atoms with Crippen molar-refractivity contribution in [2.45, 2.75) is 13.0 Å². The van der Waals surface area contributed by atoms with Crippen LogP contribution in [0.5, 0.6) is 11.5 Å². The minimum absolute atomic E-state index is 0.0103. The molecule has 5 rings (SSSR count). The number of hydrogen-bond acceptors (Lipinski definition) is 7. The lowest BCUT2D eigenvalue weighted by molar-refractivity contribution is -0.132. The highest BCUT2D eigenvalue weighted by Crippen LogP contribution is 2.44. The van der Waals surface area contributed by atoms with Crippen LogP contribution < -0.4 is 14.4 Å². The molecule has 1 amide bonds. The van der Waals surface area contributed by atoms with E-state index < -0.39 is 17.7 Å². The number of aryl methyl sites for hydroxylation is 1. The number of benzene rings is 3. The summed E-state index contributed by atoms with van der Waals surface area (Å²) in [6.45, 7) is 1.98. The fraction of sp³-hybridized carbons (Fsp3) is 0.148. The van der Waals surface area contributed by atoms with E-state index in [1.165, 1.54) is 23.3 Å². The molecule has 3 aromatic carbocycles. The van der Waals surface area contributed by atoms with E-state index in [4.69, 9.17) is 9.47 Å². The Morgan fingerprint density at radius 1 is 0.971 bits per heavy atom. The zero-order valence-electron chi connectivity index (χ0n) is 19.3. The van der Waals surface area contributed by atoms with Crippen molar-refractivity contribution in [1.29, 1.82) is 0 Å². The quantitative estimate of drug-likeness (QED) is 0.236. The van der Waals surface area contributed by atoms with Gasteiger partial charge in [-0.2, -0.15) is 0 Å². The molecule has 1 atom stereocenters. The summed E-state index contributed by atoms with van der Waals surface area (Å²) in [4.78, 5) is 32.7. The van der Waals surface area contributed by atoms with Crippen LogP contribution in [0.2, 0.25) is 0 Å². The summed E-state index contributed by atoms with van der Waals surface area (Å²) in [6, 6.07) is 18.7. The first-order valence-electron chi connectivity index (χ1n) is 10.9. The highest BCUT2D eigenvalue weighted by atomic mass is 32.1. The number of carbonyl (C=O) groups is 2. The number of aliphatic hydroxyl groups excluding tert-OH is 1. The van der Waals surface area contributed by atoms with E-state index in [-0.39, 0.29) is 11.3 Å². The maximum absolute atomic E-state index is 13.4. The molecule has 1 aliphatic heterocycles. The van der Waals surface area contributed by atoms with E-state index in [1.54, 1.807) is 55.6 Å². The second kappa shape index (κ2) is 8.88. The number of anilines is 1. The molecule has 7 nitrogen and oxygen atoms in total. The standard InChI is InChI=1S/C27H22N2O5S/c1-15-7-12-20-21(13-15)35-27(28-20)29-23(16-8-10-18(33-2)11-9-16)22(25(31)26(29)32)24(30)17-5-4-6-19(14-17)34-3/h4-14,23,30H,1-3H3. The van der Waals surface area contributed by atoms with Gasteiger partial charge >= 0.3 is 5.91 Å². The zero-order chi connectivity index (χ0) is 24.7. The molecule has 1 aromatic heterocycles. The van der Waals surface area contributed by atoms with Crippen LogP contribution >= 0.6 is 11.3 Å². The van der Waals surface area contributed by atoms with Gasteiger partial charge in [-0.25, -0.2) is 4.98 Å². The smallest absolute Gasteiger partial charge is 0.301 e. The van der Waals surface area contributed by atoms with Gasteiger partial charge in [0, 0.05) is 5.56 Å². The zero-order valence-corrected chi connectivity index (χ0v) is 20.1. The average molecular weight is 487 g/mol. The molecule has 2 heterocycles. The van der Waals surface area contributed by atoms with E-state index in [9.17, 15) is 14.7 Å². The van der Waals surface area contributed by atoms with Crippen LogP contribution in [0.25, 0.3) is 16.0 Å². The van der Waals surface area contributed by atoms with Gasteiger partial charge in [0.05, 0.1) is 36.1 Å². The first kappa shape index (κ1) is 22.6. The number of thiazole rings is 1. The van der Waals surface area contributed by atoms with Crippen LogP contribution in [-0.2, 0) is 9.59 Å². The molecule has 4 aromatic rings. The predicted octanol–water partition coefficient (Wildman–Crippen LogP) is 5.25. The number of carbonyl (C=O) groups excluding carboxylic acids is 2. The Morgan fingerprint density at radius 2 is 1.71 bits per heavy atom. The van der Waals surface area contributed by atoms with Crippen molar-refractivity contribution in [1.82, 2.24) is 4.98 Å². The van der Waals surface area contributed by atoms with E-state index >= 15 is 0 Å². The monoisotopic (exact) mass is 486 g/mol. The average Bonchev–Trinajstić information content (AvgIpc) is 3.41. The van der Waals surface area contributed by atoms with Gasteiger partial charge in [0.2, 0.25) is 0 Å². The molecule has 1 saturated heterocycles. The SMILES string of the molecule is COc1ccc(C2C(=C(O)c3cccc(OC)c3)C(=O)C(=O)N2c2nc3ccc(C)cc3s2)cc1. The summed E-state index contributed by atoms with van der Waals surface area (Å²) in [5, 5.41) is 11.7. The molecule has 1 aliphatic rings. The molecule has 0 radical (unpaired) electrons. The molecule has 1 fully saturated rings. The third-order valence-electron chi connectivity index (χ3n) is 5.96. The Morgan fingerprint density at radius 3 is 2.43 bits per heavy atom. The number of aromatic nitrogens is 1. The normalized spacial score (nSPS) is 17.2. The van der Waals surface area contributed by atoms with Crippen molar-refractivity contribution < 1.29 is 24.2 Å². The summed E-state index contributed by atoms with van der Waals surface area (Å²) in [7, 11) is 3.08. The van der Waals surface area contributed by atoms with E-state index in [2.05, 4.69) is 4.98 Å². The number of methoxy groups -OCH3 is 2. The van der Waals surface area contributed by atoms with Gasteiger partial charge in [0.25, 0.3) is 5.78 Å². The number of aliphatic hydroxyl groups is 1. The van der Waals surface area contributed by atoms with Crippen molar-refractivity contribution in [3.8, 4) is 11.5 Å². The molecule has 176 valence electrons. The van der Waals surface area contributed by atoms with Crippen LogP contribution in [0.1, 0.15) is 22.7 Å². The molecule has 0 spiro atoms. The fourth-order valence-corrected chi connectivity index (χ4v) is 5.27. The van der Waals surface area contributed by atoms with Crippen LogP contribution in [0.4, 0.5) is 5.13 Å². The maximum atomic E-state index is 13.4. The Balaban J connectivity index is 1.72. The number of amides is 1. The third kappa shape index (κ3) is 3.91. The number of rotatable bonds is 5. The van der Waals surface area contributed by atoms with Crippen LogP contribution in [0.3, 0.4) is 0 Å². The second-order valence-electron chi connectivity index (χ2n) is 8.14. The molecule has 35 heavy (non-hydrogen) atoms. The number of hydrogen-bond donors (Lipinski definition) is 1. The summed E-state index contributed by atoms with van der Waals surface area (Å²) in [5.74, 6) is -0.644. The Bertz CT molecular complexity index is 1490. The highest BCUT2D eigenvalue weighted by molar-refractivity contribution is 7.22. The van der Waals surface area contributed by atoms with Gasteiger partial charge in [-0.3, -0.25) is 14.5 Å². The minimum atomic E-state index is -0.867. The summed E-state index contributed by atoms with van der Waals surface area (Å²) < 4.78 is 11.4. The lowest BCUT2D eigenvalue weighted by atomic mass is 9.95. The van der Waals surface area contributed by atoms with E-state index in [0.29, 0.717) is 27.8 Å². The highest BCUT2D eigenvalue weighted by Gasteiger charge is 2.48.